The first-order chi connectivity index (χ1) is 13.6. The van der Waals surface area contributed by atoms with E-state index in [-0.39, 0.29) is 5.75 Å². The molecule has 1 N–H and O–H groups in total. The zero-order valence-electron chi connectivity index (χ0n) is 14.9. The molecule has 0 heterocycles. The quantitative estimate of drug-likeness (QED) is 0.463. The van der Waals surface area contributed by atoms with E-state index in [0.717, 1.165) is 22.9 Å². The molecule has 3 rings (SSSR count). The predicted octanol–water partition coefficient (Wildman–Crippen LogP) is 4.77. The summed E-state index contributed by atoms with van der Waals surface area (Å²) in [5.41, 5.74) is 2.48. The number of hydrogen-bond acceptors (Lipinski definition) is 4. The van der Waals surface area contributed by atoms with E-state index >= 15 is 0 Å². The van der Waals surface area contributed by atoms with E-state index in [9.17, 15) is 14.0 Å². The lowest BCUT2D eigenvalue weighted by Crippen LogP contribution is -2.22. The maximum Gasteiger partial charge on any atom is 0.316 e. The molecule has 0 saturated heterocycles. The van der Waals surface area contributed by atoms with Crippen LogP contribution in [0.2, 0.25) is 0 Å². The Morgan fingerprint density at radius 1 is 0.893 bits per heavy atom. The number of rotatable bonds is 7. The SMILES string of the molecule is O=C(COC(=O)CSc1ccccc1F)Nc1ccccc1-c1ccccc1. The van der Waals surface area contributed by atoms with Crippen LogP contribution in [0, 0.1) is 5.82 Å². The van der Waals surface area contributed by atoms with E-state index in [1.807, 2.05) is 48.5 Å². The maximum absolute atomic E-state index is 13.5. The summed E-state index contributed by atoms with van der Waals surface area (Å²) in [6, 6.07) is 23.2. The van der Waals surface area contributed by atoms with Crippen molar-refractivity contribution in [1.82, 2.24) is 0 Å². The second-order valence-electron chi connectivity index (χ2n) is 5.84. The van der Waals surface area contributed by atoms with E-state index in [1.54, 1.807) is 24.3 Å². The van der Waals surface area contributed by atoms with Crippen LogP contribution in [0.15, 0.2) is 83.8 Å². The molecule has 0 aromatic heterocycles. The van der Waals surface area contributed by atoms with Gasteiger partial charge in [0.05, 0.1) is 5.75 Å². The highest BCUT2D eigenvalue weighted by atomic mass is 32.2. The highest BCUT2D eigenvalue weighted by molar-refractivity contribution is 8.00. The number of carbonyl (C=O) groups is 2. The molecule has 0 radical (unpaired) electrons. The van der Waals surface area contributed by atoms with Gasteiger partial charge in [-0.2, -0.15) is 0 Å². The fourth-order valence-corrected chi connectivity index (χ4v) is 3.27. The molecular formula is C22H18FNO3S. The number of para-hydroxylation sites is 1. The lowest BCUT2D eigenvalue weighted by Gasteiger charge is -2.11. The molecule has 0 bridgehead atoms. The van der Waals surface area contributed by atoms with Crippen molar-refractivity contribution >= 4 is 29.3 Å². The summed E-state index contributed by atoms with van der Waals surface area (Å²) in [4.78, 5) is 24.4. The number of esters is 1. The number of benzene rings is 3. The van der Waals surface area contributed by atoms with Crippen LogP contribution < -0.4 is 5.32 Å². The minimum atomic E-state index is -0.584. The average molecular weight is 395 g/mol. The van der Waals surface area contributed by atoms with Crippen LogP contribution in [0.3, 0.4) is 0 Å². The Morgan fingerprint density at radius 2 is 1.57 bits per heavy atom. The molecule has 0 aliphatic rings. The molecule has 0 aliphatic heterocycles. The Hall–Kier alpha value is -3.12. The van der Waals surface area contributed by atoms with Crippen molar-refractivity contribution in [3.63, 3.8) is 0 Å². The van der Waals surface area contributed by atoms with Crippen molar-refractivity contribution in [2.24, 2.45) is 0 Å². The predicted molar refractivity (Wildman–Crippen MR) is 109 cm³/mol. The van der Waals surface area contributed by atoms with Crippen molar-refractivity contribution in [3.05, 3.63) is 84.7 Å². The number of carbonyl (C=O) groups excluding carboxylic acids is 2. The molecule has 0 saturated carbocycles. The number of halogens is 1. The minimum absolute atomic E-state index is 0.0746. The van der Waals surface area contributed by atoms with Crippen molar-refractivity contribution in [2.45, 2.75) is 4.90 Å². The largest absolute Gasteiger partial charge is 0.455 e. The molecule has 1 amide bonds. The third-order valence-corrected chi connectivity index (χ3v) is 4.85. The minimum Gasteiger partial charge on any atom is -0.455 e. The second-order valence-corrected chi connectivity index (χ2v) is 6.86. The number of hydrogen-bond donors (Lipinski definition) is 1. The normalized spacial score (nSPS) is 10.3. The van der Waals surface area contributed by atoms with Gasteiger partial charge in [-0.1, -0.05) is 60.7 Å². The van der Waals surface area contributed by atoms with Gasteiger partial charge in [0, 0.05) is 16.1 Å². The van der Waals surface area contributed by atoms with Gasteiger partial charge in [0.15, 0.2) is 6.61 Å². The van der Waals surface area contributed by atoms with Gasteiger partial charge in [-0.3, -0.25) is 9.59 Å². The zero-order chi connectivity index (χ0) is 19.8. The summed E-state index contributed by atoms with van der Waals surface area (Å²) in [5.74, 6) is -1.49. The van der Waals surface area contributed by atoms with Gasteiger partial charge < -0.3 is 10.1 Å². The zero-order valence-corrected chi connectivity index (χ0v) is 15.7. The molecular weight excluding hydrogens is 377 g/mol. The monoisotopic (exact) mass is 395 g/mol. The number of amides is 1. The smallest absolute Gasteiger partial charge is 0.316 e. The van der Waals surface area contributed by atoms with E-state index in [2.05, 4.69) is 5.32 Å². The molecule has 3 aromatic carbocycles. The Balaban J connectivity index is 1.52. The van der Waals surface area contributed by atoms with E-state index in [4.69, 9.17) is 4.74 Å². The van der Waals surface area contributed by atoms with Crippen molar-refractivity contribution < 1.29 is 18.7 Å². The van der Waals surface area contributed by atoms with Crippen LogP contribution in [0.1, 0.15) is 0 Å². The summed E-state index contributed by atoms with van der Waals surface area (Å²) in [5, 5.41) is 2.76. The first-order valence-corrected chi connectivity index (χ1v) is 9.59. The van der Waals surface area contributed by atoms with Gasteiger partial charge in [0.2, 0.25) is 0 Å². The maximum atomic E-state index is 13.5. The molecule has 6 heteroatoms. The van der Waals surface area contributed by atoms with Crippen LogP contribution >= 0.6 is 11.8 Å². The molecule has 0 spiro atoms. The second kappa shape index (κ2) is 9.71. The van der Waals surface area contributed by atoms with Gasteiger partial charge in [-0.25, -0.2) is 4.39 Å². The summed E-state index contributed by atoms with van der Waals surface area (Å²) >= 11 is 1.03. The lowest BCUT2D eigenvalue weighted by atomic mass is 10.0. The van der Waals surface area contributed by atoms with E-state index < -0.39 is 24.3 Å². The molecule has 0 fully saturated rings. The lowest BCUT2D eigenvalue weighted by molar-refractivity contribution is -0.144. The third kappa shape index (κ3) is 5.44. The summed E-state index contributed by atoms with van der Waals surface area (Å²) in [7, 11) is 0. The first kappa shape index (κ1) is 19.6. The molecule has 4 nitrogen and oxygen atoms in total. The van der Waals surface area contributed by atoms with Crippen LogP contribution in [0.4, 0.5) is 10.1 Å². The van der Waals surface area contributed by atoms with Crippen LogP contribution in [-0.2, 0) is 14.3 Å². The average Bonchev–Trinajstić information content (AvgIpc) is 2.73. The van der Waals surface area contributed by atoms with Gasteiger partial charge in [0.25, 0.3) is 5.91 Å². The Labute approximate surface area is 166 Å². The van der Waals surface area contributed by atoms with Crippen molar-refractivity contribution in [2.75, 3.05) is 17.7 Å². The number of ether oxygens (including phenoxy) is 1. The number of nitrogens with one attached hydrogen (secondary N) is 1. The summed E-state index contributed by atoms with van der Waals surface area (Å²) in [6.07, 6.45) is 0. The van der Waals surface area contributed by atoms with Crippen LogP contribution in [-0.4, -0.2) is 24.2 Å². The number of thioether (sulfide) groups is 1. The van der Waals surface area contributed by atoms with Crippen LogP contribution in [0.25, 0.3) is 11.1 Å². The Kier molecular flexibility index (Phi) is 6.81. The molecule has 0 aliphatic carbocycles. The highest BCUT2D eigenvalue weighted by Gasteiger charge is 2.12. The molecule has 142 valence electrons. The van der Waals surface area contributed by atoms with Crippen LogP contribution in [0.5, 0.6) is 0 Å². The van der Waals surface area contributed by atoms with Crippen molar-refractivity contribution in [3.8, 4) is 11.1 Å². The standard InChI is InChI=1S/C22H18FNO3S/c23-18-11-5-7-13-20(18)28-15-22(26)27-14-21(25)24-19-12-6-4-10-17(19)16-8-2-1-3-9-16/h1-13H,14-15H2,(H,24,25). The summed E-state index contributed by atoms with van der Waals surface area (Å²) in [6.45, 7) is -0.403. The fraction of sp³-hybridized carbons (Fsp3) is 0.0909. The topological polar surface area (TPSA) is 55.4 Å². The van der Waals surface area contributed by atoms with Gasteiger partial charge >= 0.3 is 5.97 Å². The van der Waals surface area contributed by atoms with Crippen molar-refractivity contribution in [1.29, 1.82) is 0 Å². The third-order valence-electron chi connectivity index (χ3n) is 3.83. The molecule has 3 aromatic rings. The molecule has 28 heavy (non-hydrogen) atoms. The van der Waals surface area contributed by atoms with E-state index in [0.29, 0.717) is 10.6 Å². The van der Waals surface area contributed by atoms with Gasteiger partial charge in [0.1, 0.15) is 5.82 Å². The fourth-order valence-electron chi connectivity index (χ4n) is 2.53. The highest BCUT2D eigenvalue weighted by Crippen LogP contribution is 2.27. The summed E-state index contributed by atoms with van der Waals surface area (Å²) < 4.78 is 18.5. The van der Waals surface area contributed by atoms with Gasteiger partial charge in [-0.05, 0) is 23.8 Å². The Bertz CT molecular complexity index is 963. The molecule has 0 atom stereocenters. The Morgan fingerprint density at radius 3 is 2.36 bits per heavy atom. The molecule has 0 unspecified atom stereocenters. The first-order valence-electron chi connectivity index (χ1n) is 8.61. The number of anilines is 1. The van der Waals surface area contributed by atoms with E-state index in [1.165, 1.54) is 6.07 Å². The van der Waals surface area contributed by atoms with Gasteiger partial charge in [-0.15, -0.1) is 11.8 Å².